The van der Waals surface area contributed by atoms with Crippen LogP contribution in [0, 0.1) is 0 Å². The number of primary amides is 1. The quantitative estimate of drug-likeness (QED) is 0.667. The van der Waals surface area contributed by atoms with Gasteiger partial charge >= 0.3 is 0 Å². The van der Waals surface area contributed by atoms with Gasteiger partial charge in [-0.2, -0.15) is 0 Å². The Labute approximate surface area is 130 Å². The first-order valence-electron chi connectivity index (χ1n) is 6.14. The number of hydrogen-bond acceptors (Lipinski definition) is 3. The summed E-state index contributed by atoms with van der Waals surface area (Å²) in [6.07, 6.45) is 1.31. The van der Waals surface area contributed by atoms with Crippen LogP contribution in [0.2, 0.25) is 0 Å². The number of benzene rings is 1. The van der Waals surface area contributed by atoms with Gasteiger partial charge in [-0.1, -0.05) is 6.92 Å². The second-order valence-corrected chi connectivity index (χ2v) is 5.84. The molecule has 0 spiro atoms. The van der Waals surface area contributed by atoms with E-state index in [4.69, 9.17) is 10.5 Å². The highest BCUT2D eigenvalue weighted by Crippen LogP contribution is 2.34. The molecule has 0 saturated heterocycles. The standard InChI is InChI=1S/C13H18Br2N2O2/c1-2-4-17-8-9-6-10(14)13(11(15)7-9)19-5-3-12(16)18/h6-7,17H,2-5,8H2,1H3,(H2,16,18). The SMILES string of the molecule is CCCNCc1cc(Br)c(OCCC(N)=O)c(Br)c1. The molecule has 19 heavy (non-hydrogen) atoms. The monoisotopic (exact) mass is 392 g/mol. The third-order valence-electron chi connectivity index (χ3n) is 2.41. The van der Waals surface area contributed by atoms with E-state index in [9.17, 15) is 4.79 Å². The number of halogens is 2. The third kappa shape index (κ3) is 5.93. The largest absolute Gasteiger partial charge is 0.491 e. The van der Waals surface area contributed by atoms with Gasteiger partial charge in [0.15, 0.2) is 0 Å². The number of carbonyl (C=O) groups excluding carboxylic acids is 1. The molecule has 0 radical (unpaired) electrons. The van der Waals surface area contributed by atoms with Crippen molar-refractivity contribution >= 4 is 37.8 Å². The third-order valence-corrected chi connectivity index (χ3v) is 3.59. The summed E-state index contributed by atoms with van der Waals surface area (Å²) in [6.45, 7) is 4.22. The van der Waals surface area contributed by atoms with Gasteiger partial charge in [0.1, 0.15) is 5.75 Å². The second kappa shape index (κ2) is 8.55. The fourth-order valence-electron chi connectivity index (χ4n) is 1.52. The number of amides is 1. The van der Waals surface area contributed by atoms with Gasteiger partial charge in [-0.05, 0) is 62.5 Å². The van der Waals surface area contributed by atoms with Crippen LogP contribution in [0.5, 0.6) is 5.75 Å². The highest BCUT2D eigenvalue weighted by Gasteiger charge is 2.09. The number of carbonyl (C=O) groups is 1. The van der Waals surface area contributed by atoms with Crippen LogP contribution < -0.4 is 15.8 Å². The van der Waals surface area contributed by atoms with Crippen LogP contribution in [0.1, 0.15) is 25.3 Å². The van der Waals surface area contributed by atoms with Crippen molar-refractivity contribution in [2.24, 2.45) is 5.73 Å². The molecule has 0 aromatic heterocycles. The first kappa shape index (κ1) is 16.5. The van der Waals surface area contributed by atoms with Crippen LogP contribution in [0.25, 0.3) is 0 Å². The van der Waals surface area contributed by atoms with E-state index >= 15 is 0 Å². The fraction of sp³-hybridized carbons (Fsp3) is 0.462. The summed E-state index contributed by atoms with van der Waals surface area (Å²) in [4.78, 5) is 10.7. The maximum atomic E-state index is 10.7. The van der Waals surface area contributed by atoms with E-state index < -0.39 is 0 Å². The Morgan fingerprint density at radius 2 is 2.00 bits per heavy atom. The first-order valence-corrected chi connectivity index (χ1v) is 7.73. The lowest BCUT2D eigenvalue weighted by atomic mass is 10.2. The Hall–Kier alpha value is -0.590. The molecule has 0 atom stereocenters. The maximum Gasteiger partial charge on any atom is 0.220 e. The summed E-state index contributed by atoms with van der Waals surface area (Å²) >= 11 is 6.95. The Kier molecular flexibility index (Phi) is 7.41. The van der Waals surface area contributed by atoms with Crippen molar-refractivity contribution < 1.29 is 9.53 Å². The minimum atomic E-state index is -0.368. The van der Waals surface area contributed by atoms with Crippen LogP contribution in [-0.2, 0) is 11.3 Å². The topological polar surface area (TPSA) is 64.3 Å². The molecule has 3 N–H and O–H groups in total. The van der Waals surface area contributed by atoms with Gasteiger partial charge in [-0.15, -0.1) is 0 Å². The molecular weight excluding hydrogens is 376 g/mol. The predicted molar refractivity (Wildman–Crippen MR) is 83.1 cm³/mol. The van der Waals surface area contributed by atoms with Crippen LogP contribution >= 0.6 is 31.9 Å². The van der Waals surface area contributed by atoms with E-state index in [0.29, 0.717) is 5.75 Å². The molecule has 6 heteroatoms. The Morgan fingerprint density at radius 1 is 1.37 bits per heavy atom. The smallest absolute Gasteiger partial charge is 0.220 e. The number of rotatable bonds is 8. The fourth-order valence-corrected chi connectivity index (χ4v) is 3.03. The van der Waals surface area contributed by atoms with Gasteiger partial charge in [0.2, 0.25) is 5.91 Å². The molecule has 0 aliphatic heterocycles. The van der Waals surface area contributed by atoms with Crippen molar-refractivity contribution in [1.29, 1.82) is 0 Å². The zero-order chi connectivity index (χ0) is 14.3. The number of nitrogens with one attached hydrogen (secondary N) is 1. The molecule has 0 fully saturated rings. The van der Waals surface area contributed by atoms with Gasteiger partial charge in [0.25, 0.3) is 0 Å². The van der Waals surface area contributed by atoms with Crippen molar-refractivity contribution in [2.45, 2.75) is 26.3 Å². The summed E-state index contributed by atoms with van der Waals surface area (Å²) in [5, 5.41) is 3.34. The predicted octanol–water partition coefficient (Wildman–Crippen LogP) is 2.97. The van der Waals surface area contributed by atoms with E-state index in [0.717, 1.165) is 34.0 Å². The van der Waals surface area contributed by atoms with Crippen molar-refractivity contribution in [3.8, 4) is 5.75 Å². The summed E-state index contributed by atoms with van der Waals surface area (Å²) in [7, 11) is 0. The molecule has 4 nitrogen and oxygen atoms in total. The second-order valence-electron chi connectivity index (χ2n) is 4.13. The van der Waals surface area contributed by atoms with E-state index in [1.54, 1.807) is 0 Å². The highest BCUT2D eigenvalue weighted by atomic mass is 79.9. The van der Waals surface area contributed by atoms with E-state index in [1.807, 2.05) is 12.1 Å². The average Bonchev–Trinajstić information content (AvgIpc) is 2.32. The Morgan fingerprint density at radius 3 is 2.53 bits per heavy atom. The normalized spacial score (nSPS) is 10.5. The minimum Gasteiger partial charge on any atom is -0.491 e. The molecule has 1 aromatic rings. The first-order chi connectivity index (χ1) is 9.04. The number of nitrogens with two attached hydrogens (primary N) is 1. The lowest BCUT2D eigenvalue weighted by Crippen LogP contribution is -2.15. The zero-order valence-electron chi connectivity index (χ0n) is 10.8. The van der Waals surface area contributed by atoms with E-state index in [-0.39, 0.29) is 18.9 Å². The van der Waals surface area contributed by atoms with Gasteiger partial charge < -0.3 is 15.8 Å². The Balaban J connectivity index is 2.65. The lowest BCUT2D eigenvalue weighted by molar-refractivity contribution is -0.118. The van der Waals surface area contributed by atoms with Gasteiger partial charge in [0, 0.05) is 6.54 Å². The van der Waals surface area contributed by atoms with Crippen molar-refractivity contribution in [2.75, 3.05) is 13.2 Å². The number of ether oxygens (including phenoxy) is 1. The number of hydrogen-bond donors (Lipinski definition) is 2. The molecule has 0 unspecified atom stereocenters. The molecule has 0 bridgehead atoms. The molecule has 0 aliphatic rings. The van der Waals surface area contributed by atoms with E-state index in [1.165, 1.54) is 0 Å². The van der Waals surface area contributed by atoms with E-state index in [2.05, 4.69) is 44.1 Å². The molecule has 1 amide bonds. The molecular formula is C13H18Br2N2O2. The molecule has 0 aliphatic carbocycles. The zero-order valence-corrected chi connectivity index (χ0v) is 14.0. The molecule has 1 aromatic carbocycles. The van der Waals surface area contributed by atoms with Gasteiger partial charge in [0.05, 0.1) is 22.0 Å². The van der Waals surface area contributed by atoms with Crippen LogP contribution in [0.3, 0.4) is 0 Å². The molecule has 0 saturated carbocycles. The molecule has 0 heterocycles. The average molecular weight is 394 g/mol. The van der Waals surface area contributed by atoms with Gasteiger partial charge in [-0.25, -0.2) is 0 Å². The lowest BCUT2D eigenvalue weighted by Gasteiger charge is -2.12. The maximum absolute atomic E-state index is 10.7. The summed E-state index contributed by atoms with van der Waals surface area (Å²) in [5.74, 6) is 0.327. The van der Waals surface area contributed by atoms with Crippen molar-refractivity contribution in [3.05, 3.63) is 26.6 Å². The van der Waals surface area contributed by atoms with Gasteiger partial charge in [-0.3, -0.25) is 4.79 Å². The molecule has 1 rings (SSSR count). The summed E-state index contributed by atoms with van der Waals surface area (Å²) in [6, 6.07) is 4.01. The molecule has 106 valence electrons. The minimum absolute atomic E-state index is 0.207. The summed E-state index contributed by atoms with van der Waals surface area (Å²) in [5.41, 5.74) is 6.24. The highest BCUT2D eigenvalue weighted by molar-refractivity contribution is 9.11. The van der Waals surface area contributed by atoms with Crippen molar-refractivity contribution in [3.63, 3.8) is 0 Å². The summed E-state index contributed by atoms with van der Waals surface area (Å²) < 4.78 is 7.27. The van der Waals surface area contributed by atoms with Crippen molar-refractivity contribution in [1.82, 2.24) is 5.32 Å². The van der Waals surface area contributed by atoms with Crippen LogP contribution in [-0.4, -0.2) is 19.1 Å². The Bertz CT molecular complexity index is 416. The van der Waals surface area contributed by atoms with Crippen LogP contribution in [0.4, 0.5) is 0 Å². The van der Waals surface area contributed by atoms with Crippen LogP contribution in [0.15, 0.2) is 21.1 Å².